The molecule has 4 N–H and O–H groups in total. The fourth-order valence-electron chi connectivity index (χ4n) is 3.80. The Labute approximate surface area is 182 Å². The van der Waals surface area contributed by atoms with Gasteiger partial charge < -0.3 is 29.9 Å². The summed E-state index contributed by atoms with van der Waals surface area (Å²) in [7, 11) is 0. The summed E-state index contributed by atoms with van der Waals surface area (Å²) in [5.41, 5.74) is 4.04. The zero-order valence-electron chi connectivity index (χ0n) is 17.5. The fourth-order valence-corrected chi connectivity index (χ4v) is 3.80. The zero-order chi connectivity index (χ0) is 22.4. The molecule has 5 atom stereocenters. The van der Waals surface area contributed by atoms with Crippen LogP contribution in [0.25, 0.3) is 0 Å². The van der Waals surface area contributed by atoms with Crippen LogP contribution in [0.1, 0.15) is 40.8 Å². The van der Waals surface area contributed by atoms with Gasteiger partial charge in [0.05, 0.1) is 24.8 Å². The van der Waals surface area contributed by atoms with Gasteiger partial charge in [-0.15, -0.1) is 0 Å². The number of nitrogens with zero attached hydrogens (tertiary/aromatic N) is 1. The van der Waals surface area contributed by atoms with Crippen LogP contribution in [0.5, 0.6) is 0 Å². The molecule has 1 heterocycles. The average Bonchev–Trinajstić information content (AvgIpc) is 2.79. The van der Waals surface area contributed by atoms with E-state index in [0.717, 1.165) is 17.5 Å². The topological polar surface area (TPSA) is 123 Å². The van der Waals surface area contributed by atoms with Crippen LogP contribution in [0.3, 0.4) is 0 Å². The number of hydrogen-bond donors (Lipinski definition) is 4. The number of hydrogen-bond acceptors (Lipinski definition) is 7. The van der Waals surface area contributed by atoms with Gasteiger partial charge in [0, 0.05) is 6.61 Å². The molecule has 7 nitrogen and oxygen atoms in total. The highest BCUT2D eigenvalue weighted by molar-refractivity contribution is 5.44. The average molecular weight is 427 g/mol. The van der Waals surface area contributed by atoms with Crippen molar-refractivity contribution in [2.24, 2.45) is 0 Å². The molecule has 1 saturated heterocycles. The summed E-state index contributed by atoms with van der Waals surface area (Å²) in [4.78, 5) is 0. The summed E-state index contributed by atoms with van der Waals surface area (Å²) in [6, 6.07) is 15.4. The minimum Gasteiger partial charge on any atom is -0.394 e. The molecule has 1 aliphatic rings. The van der Waals surface area contributed by atoms with Gasteiger partial charge in [-0.1, -0.05) is 36.4 Å². The maximum Gasteiger partial charge on any atom is 0.113 e. The number of ether oxygens (including phenoxy) is 2. The first-order valence-corrected chi connectivity index (χ1v) is 10.5. The highest BCUT2D eigenvalue weighted by Crippen LogP contribution is 2.33. The van der Waals surface area contributed by atoms with Crippen molar-refractivity contribution in [1.82, 2.24) is 0 Å². The van der Waals surface area contributed by atoms with Crippen LogP contribution in [0.15, 0.2) is 42.5 Å². The van der Waals surface area contributed by atoms with Crippen molar-refractivity contribution in [2.75, 3.05) is 19.8 Å². The Morgan fingerprint density at radius 2 is 1.71 bits per heavy atom. The highest BCUT2D eigenvalue weighted by atomic mass is 16.5. The van der Waals surface area contributed by atoms with Crippen LogP contribution in [0.4, 0.5) is 0 Å². The van der Waals surface area contributed by atoms with E-state index < -0.39 is 37.1 Å². The van der Waals surface area contributed by atoms with Crippen molar-refractivity contribution >= 4 is 0 Å². The Morgan fingerprint density at radius 3 is 2.35 bits per heavy atom. The van der Waals surface area contributed by atoms with E-state index in [2.05, 4.69) is 6.07 Å². The Morgan fingerprint density at radius 1 is 1.00 bits per heavy atom. The molecule has 0 unspecified atom stereocenters. The summed E-state index contributed by atoms with van der Waals surface area (Å²) in [5, 5.41) is 49.4. The SMILES string of the molecule is CCOCCc1ccc(Cc2cc([C@@H]3O[C@H](CO)[C@@H](O)[C@H](O)[C@H]3O)ccc2C#N)cc1. The third-order valence-corrected chi connectivity index (χ3v) is 5.63. The third-order valence-electron chi connectivity index (χ3n) is 5.63. The van der Waals surface area contributed by atoms with Gasteiger partial charge in [-0.05, 0) is 48.1 Å². The second-order valence-electron chi connectivity index (χ2n) is 7.72. The Kier molecular flexibility index (Phi) is 8.15. The maximum absolute atomic E-state index is 10.4. The smallest absolute Gasteiger partial charge is 0.113 e. The van der Waals surface area contributed by atoms with Gasteiger partial charge in [0.25, 0.3) is 0 Å². The lowest BCUT2D eigenvalue weighted by atomic mass is 9.89. The molecule has 7 heteroatoms. The van der Waals surface area contributed by atoms with E-state index >= 15 is 0 Å². The van der Waals surface area contributed by atoms with Crippen molar-refractivity contribution in [3.63, 3.8) is 0 Å². The molecule has 3 rings (SSSR count). The van der Waals surface area contributed by atoms with Crippen molar-refractivity contribution < 1.29 is 29.9 Å². The predicted molar refractivity (Wildman–Crippen MR) is 113 cm³/mol. The number of aliphatic hydroxyl groups excluding tert-OH is 4. The first kappa shape index (κ1) is 23.4. The largest absolute Gasteiger partial charge is 0.394 e. The monoisotopic (exact) mass is 427 g/mol. The molecule has 2 aromatic rings. The van der Waals surface area contributed by atoms with Crippen LogP contribution >= 0.6 is 0 Å². The van der Waals surface area contributed by atoms with Crippen molar-refractivity contribution in [1.29, 1.82) is 5.26 Å². The first-order valence-electron chi connectivity index (χ1n) is 10.5. The molecule has 0 saturated carbocycles. The summed E-state index contributed by atoms with van der Waals surface area (Å²) in [6.45, 7) is 2.85. The van der Waals surface area contributed by atoms with Crippen LogP contribution in [-0.4, -0.2) is 64.7 Å². The molecule has 0 bridgehead atoms. The summed E-state index contributed by atoms with van der Waals surface area (Å²) in [5.74, 6) is 0. The highest BCUT2D eigenvalue weighted by Gasteiger charge is 2.44. The van der Waals surface area contributed by atoms with Crippen LogP contribution in [0.2, 0.25) is 0 Å². The minimum atomic E-state index is -1.45. The van der Waals surface area contributed by atoms with E-state index in [9.17, 15) is 25.7 Å². The number of benzene rings is 2. The molecule has 0 amide bonds. The standard InChI is InChI=1S/C24H29NO6/c1-2-30-10-9-15-3-5-16(6-4-15)11-19-12-17(7-8-18(19)13-25)24-23(29)22(28)21(27)20(14-26)31-24/h3-8,12,20-24,26-29H,2,9-11,14H2,1H3/t20-,21-,22+,23-,24+/m1/s1. The molecular formula is C24H29NO6. The fraction of sp³-hybridized carbons (Fsp3) is 0.458. The Bertz CT molecular complexity index is 892. The van der Waals surface area contributed by atoms with E-state index in [-0.39, 0.29) is 0 Å². The van der Waals surface area contributed by atoms with Crippen LogP contribution in [-0.2, 0) is 22.3 Å². The maximum atomic E-state index is 10.4. The summed E-state index contributed by atoms with van der Waals surface area (Å²) < 4.78 is 11.0. The molecule has 0 aliphatic carbocycles. The molecule has 0 radical (unpaired) electrons. The van der Waals surface area contributed by atoms with Gasteiger partial charge >= 0.3 is 0 Å². The second-order valence-corrected chi connectivity index (χ2v) is 7.72. The van der Waals surface area contributed by atoms with Gasteiger partial charge in [-0.2, -0.15) is 5.26 Å². The van der Waals surface area contributed by atoms with Gasteiger partial charge in [0.2, 0.25) is 0 Å². The molecule has 0 aromatic heterocycles. The number of rotatable bonds is 8. The number of nitriles is 1. The lowest BCUT2D eigenvalue weighted by molar-refractivity contribution is -0.231. The van der Waals surface area contributed by atoms with Gasteiger partial charge in [-0.25, -0.2) is 0 Å². The van der Waals surface area contributed by atoms with Crippen molar-refractivity contribution in [3.8, 4) is 6.07 Å². The third kappa shape index (κ3) is 5.49. The van der Waals surface area contributed by atoms with E-state index in [1.165, 1.54) is 5.56 Å². The van der Waals surface area contributed by atoms with E-state index in [4.69, 9.17) is 9.47 Å². The summed E-state index contributed by atoms with van der Waals surface area (Å²) in [6.07, 6.45) is -4.77. The van der Waals surface area contributed by atoms with Crippen LogP contribution in [0, 0.1) is 11.3 Å². The molecule has 1 fully saturated rings. The second kappa shape index (κ2) is 10.8. The number of aliphatic hydroxyl groups is 4. The lowest BCUT2D eigenvalue weighted by Crippen LogP contribution is -2.55. The van der Waals surface area contributed by atoms with E-state index in [0.29, 0.717) is 30.8 Å². The quantitative estimate of drug-likeness (QED) is 0.468. The normalized spacial score (nSPS) is 25.9. The van der Waals surface area contributed by atoms with Gasteiger partial charge in [0.1, 0.15) is 30.5 Å². The molecular weight excluding hydrogens is 398 g/mol. The molecule has 166 valence electrons. The van der Waals surface area contributed by atoms with Gasteiger partial charge in [0.15, 0.2) is 0 Å². The van der Waals surface area contributed by atoms with Crippen molar-refractivity contribution in [3.05, 3.63) is 70.3 Å². The minimum absolute atomic E-state index is 0.486. The molecule has 31 heavy (non-hydrogen) atoms. The predicted octanol–water partition coefficient (Wildman–Crippen LogP) is 1.24. The molecule has 1 aliphatic heterocycles. The van der Waals surface area contributed by atoms with E-state index in [1.54, 1.807) is 18.2 Å². The Hall–Kier alpha value is -2.31. The van der Waals surface area contributed by atoms with E-state index in [1.807, 2.05) is 31.2 Å². The zero-order valence-corrected chi connectivity index (χ0v) is 17.5. The first-order chi connectivity index (χ1) is 15.0. The summed E-state index contributed by atoms with van der Waals surface area (Å²) >= 11 is 0. The van der Waals surface area contributed by atoms with Gasteiger partial charge in [-0.3, -0.25) is 0 Å². The lowest BCUT2D eigenvalue weighted by Gasteiger charge is -2.40. The molecule has 2 aromatic carbocycles. The Balaban J connectivity index is 1.80. The van der Waals surface area contributed by atoms with Crippen LogP contribution < -0.4 is 0 Å². The van der Waals surface area contributed by atoms with Crippen molar-refractivity contribution in [2.45, 2.75) is 50.3 Å². The molecule has 0 spiro atoms.